The highest BCUT2D eigenvalue weighted by molar-refractivity contribution is 5.99. The molecular formula is C34H32N2O3. The highest BCUT2D eigenvalue weighted by atomic mass is 16.4. The molecule has 1 atom stereocenters. The maximum absolute atomic E-state index is 13.0. The van der Waals surface area contributed by atoms with Crippen LogP contribution in [0.5, 0.6) is 0 Å². The van der Waals surface area contributed by atoms with Crippen molar-refractivity contribution in [1.82, 2.24) is 9.88 Å². The number of nitrogens with zero attached hydrogens (tertiary/aromatic N) is 1. The number of carboxylic acids is 1. The first kappa shape index (κ1) is 26.0. The normalized spacial score (nSPS) is 11.9. The van der Waals surface area contributed by atoms with Crippen LogP contribution in [0.2, 0.25) is 0 Å². The largest absolute Gasteiger partial charge is 0.478 e. The molecule has 39 heavy (non-hydrogen) atoms. The molecule has 196 valence electrons. The summed E-state index contributed by atoms with van der Waals surface area (Å²) in [4.78, 5) is 24.6. The van der Waals surface area contributed by atoms with Crippen LogP contribution >= 0.6 is 0 Å². The molecule has 0 aliphatic rings. The van der Waals surface area contributed by atoms with E-state index in [1.54, 1.807) is 12.1 Å². The van der Waals surface area contributed by atoms with Gasteiger partial charge < -0.3 is 15.0 Å². The van der Waals surface area contributed by atoms with Crippen LogP contribution in [0.4, 0.5) is 0 Å². The standard InChI is InChI=1S/C34H32N2O3/c1-22(26-9-5-4-6-10-26)20-35-33(37)28-17-18-32-31(19-28)23(2)24(3)36(32)21-25-13-15-27(16-14-25)29-11-7-8-12-30(29)34(38)39/h4-19,22H,20-21H2,1-3H3,(H,35,37)(H,38,39). The summed E-state index contributed by atoms with van der Waals surface area (Å²) < 4.78 is 2.27. The van der Waals surface area contributed by atoms with Crippen LogP contribution < -0.4 is 5.32 Å². The second-order valence-corrected chi connectivity index (χ2v) is 10.1. The number of nitrogens with one attached hydrogen (secondary N) is 1. The Balaban J connectivity index is 1.35. The van der Waals surface area contributed by atoms with Crippen LogP contribution in [0.1, 0.15) is 55.9 Å². The van der Waals surface area contributed by atoms with Crippen molar-refractivity contribution in [2.75, 3.05) is 6.54 Å². The van der Waals surface area contributed by atoms with Crippen molar-refractivity contribution >= 4 is 22.8 Å². The molecule has 2 N–H and O–H groups in total. The minimum atomic E-state index is -0.932. The third kappa shape index (κ3) is 5.34. The number of aryl methyl sites for hydroxylation is 1. The summed E-state index contributed by atoms with van der Waals surface area (Å²) in [6.07, 6.45) is 0. The number of benzene rings is 4. The highest BCUT2D eigenvalue weighted by Gasteiger charge is 2.16. The second-order valence-electron chi connectivity index (χ2n) is 10.1. The minimum Gasteiger partial charge on any atom is -0.478 e. The van der Waals surface area contributed by atoms with Gasteiger partial charge in [0.15, 0.2) is 0 Å². The van der Waals surface area contributed by atoms with Crippen LogP contribution in [0.3, 0.4) is 0 Å². The Hall–Kier alpha value is -4.64. The van der Waals surface area contributed by atoms with E-state index in [-0.39, 0.29) is 11.8 Å². The first-order valence-electron chi connectivity index (χ1n) is 13.2. The number of carbonyl (C=O) groups is 2. The van der Waals surface area contributed by atoms with E-state index in [1.165, 1.54) is 5.56 Å². The second kappa shape index (κ2) is 11.0. The molecule has 1 aromatic heterocycles. The molecule has 0 saturated carbocycles. The predicted octanol–water partition coefficient (Wildman–Crippen LogP) is 7.21. The highest BCUT2D eigenvalue weighted by Crippen LogP contribution is 2.29. The Bertz CT molecular complexity index is 1650. The number of aromatic nitrogens is 1. The third-order valence-corrected chi connectivity index (χ3v) is 7.60. The van der Waals surface area contributed by atoms with E-state index in [0.717, 1.165) is 33.3 Å². The van der Waals surface area contributed by atoms with E-state index in [9.17, 15) is 14.7 Å². The fourth-order valence-corrected chi connectivity index (χ4v) is 5.14. The quantitative estimate of drug-likeness (QED) is 0.229. The van der Waals surface area contributed by atoms with Crippen LogP contribution in [0.15, 0.2) is 97.1 Å². The van der Waals surface area contributed by atoms with Gasteiger partial charge in [-0.1, -0.05) is 79.7 Å². The average molecular weight is 517 g/mol. The van der Waals surface area contributed by atoms with Crippen LogP contribution in [0, 0.1) is 13.8 Å². The summed E-state index contributed by atoms with van der Waals surface area (Å²) in [5, 5.41) is 13.7. The fraction of sp³-hybridized carbons (Fsp3) is 0.176. The number of rotatable bonds is 8. The SMILES string of the molecule is Cc1c(C)n(Cc2ccc(-c3ccccc3C(=O)O)cc2)c2ccc(C(=O)NCC(C)c3ccccc3)cc12. The zero-order chi connectivity index (χ0) is 27.5. The van der Waals surface area contributed by atoms with Crippen molar-refractivity contribution in [1.29, 1.82) is 0 Å². The Morgan fingerprint density at radius 3 is 2.28 bits per heavy atom. The van der Waals surface area contributed by atoms with Gasteiger partial charge in [0.1, 0.15) is 0 Å². The number of hydrogen-bond donors (Lipinski definition) is 2. The van der Waals surface area contributed by atoms with Crippen LogP contribution in [0.25, 0.3) is 22.0 Å². The molecule has 0 bridgehead atoms. The first-order valence-corrected chi connectivity index (χ1v) is 13.2. The maximum Gasteiger partial charge on any atom is 0.336 e. The molecule has 5 aromatic rings. The lowest BCUT2D eigenvalue weighted by molar-refractivity contribution is 0.0697. The number of amides is 1. The van der Waals surface area contributed by atoms with E-state index in [4.69, 9.17) is 0 Å². The van der Waals surface area contributed by atoms with E-state index in [1.807, 2.05) is 72.8 Å². The predicted molar refractivity (Wildman–Crippen MR) is 157 cm³/mol. The molecule has 4 aromatic carbocycles. The topological polar surface area (TPSA) is 71.3 Å². The van der Waals surface area contributed by atoms with Gasteiger partial charge in [-0.2, -0.15) is 0 Å². The Morgan fingerprint density at radius 1 is 0.872 bits per heavy atom. The average Bonchev–Trinajstić information content (AvgIpc) is 3.20. The van der Waals surface area contributed by atoms with E-state index in [2.05, 4.69) is 42.8 Å². The van der Waals surface area contributed by atoms with Gasteiger partial charge in [-0.05, 0) is 71.8 Å². The number of fused-ring (bicyclic) bond motifs is 1. The van der Waals surface area contributed by atoms with Gasteiger partial charge in [0.25, 0.3) is 5.91 Å². The summed E-state index contributed by atoms with van der Waals surface area (Å²) in [6, 6.07) is 31.2. The Labute approximate surface area is 228 Å². The lowest BCUT2D eigenvalue weighted by atomic mass is 9.99. The number of carbonyl (C=O) groups excluding carboxylic acids is 1. The zero-order valence-electron chi connectivity index (χ0n) is 22.4. The van der Waals surface area contributed by atoms with Gasteiger partial charge in [-0.15, -0.1) is 0 Å². The van der Waals surface area contributed by atoms with Gasteiger partial charge >= 0.3 is 5.97 Å². The molecule has 5 nitrogen and oxygen atoms in total. The van der Waals surface area contributed by atoms with Gasteiger partial charge in [0.05, 0.1) is 5.56 Å². The zero-order valence-corrected chi connectivity index (χ0v) is 22.4. The first-order chi connectivity index (χ1) is 18.8. The molecule has 1 amide bonds. The smallest absolute Gasteiger partial charge is 0.336 e. The maximum atomic E-state index is 13.0. The van der Waals surface area contributed by atoms with E-state index in [0.29, 0.717) is 29.8 Å². The van der Waals surface area contributed by atoms with Gasteiger partial charge in [-0.25, -0.2) is 4.79 Å². The summed E-state index contributed by atoms with van der Waals surface area (Å²) in [6.45, 7) is 7.57. The number of hydrogen-bond acceptors (Lipinski definition) is 2. The summed E-state index contributed by atoms with van der Waals surface area (Å²) in [7, 11) is 0. The summed E-state index contributed by atoms with van der Waals surface area (Å²) in [5.74, 6) is -0.770. The lowest BCUT2D eigenvalue weighted by Gasteiger charge is -2.13. The Kier molecular flexibility index (Phi) is 7.33. The molecular weight excluding hydrogens is 484 g/mol. The van der Waals surface area contributed by atoms with Crippen LogP contribution in [-0.4, -0.2) is 28.1 Å². The monoisotopic (exact) mass is 516 g/mol. The fourth-order valence-electron chi connectivity index (χ4n) is 5.14. The third-order valence-electron chi connectivity index (χ3n) is 7.60. The molecule has 0 aliphatic heterocycles. The molecule has 5 heteroatoms. The summed E-state index contributed by atoms with van der Waals surface area (Å²) >= 11 is 0. The molecule has 1 heterocycles. The number of aromatic carboxylic acids is 1. The molecule has 0 saturated heterocycles. The van der Waals surface area contributed by atoms with E-state index < -0.39 is 5.97 Å². The van der Waals surface area contributed by atoms with Crippen molar-refractivity contribution in [3.05, 3.63) is 131 Å². The van der Waals surface area contributed by atoms with Gasteiger partial charge in [0, 0.05) is 35.2 Å². The van der Waals surface area contributed by atoms with Crippen molar-refractivity contribution in [3.8, 4) is 11.1 Å². The minimum absolute atomic E-state index is 0.0679. The van der Waals surface area contributed by atoms with Crippen molar-refractivity contribution in [2.45, 2.75) is 33.2 Å². The van der Waals surface area contributed by atoms with Crippen molar-refractivity contribution < 1.29 is 14.7 Å². The van der Waals surface area contributed by atoms with Gasteiger partial charge in [0.2, 0.25) is 0 Å². The van der Waals surface area contributed by atoms with Crippen molar-refractivity contribution in [2.24, 2.45) is 0 Å². The molecule has 0 radical (unpaired) electrons. The molecule has 0 aliphatic carbocycles. The van der Waals surface area contributed by atoms with E-state index >= 15 is 0 Å². The molecule has 0 spiro atoms. The van der Waals surface area contributed by atoms with Crippen molar-refractivity contribution in [3.63, 3.8) is 0 Å². The molecule has 0 fully saturated rings. The lowest BCUT2D eigenvalue weighted by Crippen LogP contribution is -2.27. The number of carboxylic acid groups (broad SMARTS) is 1. The summed E-state index contributed by atoms with van der Waals surface area (Å²) in [5.41, 5.74) is 8.24. The molecule has 1 unspecified atom stereocenters. The van der Waals surface area contributed by atoms with Crippen LogP contribution in [-0.2, 0) is 6.54 Å². The molecule has 5 rings (SSSR count). The Morgan fingerprint density at radius 2 is 1.56 bits per heavy atom. The van der Waals surface area contributed by atoms with Gasteiger partial charge in [-0.3, -0.25) is 4.79 Å².